The molecular formula is C22H32N2O3. The van der Waals surface area contributed by atoms with Crippen LogP contribution in [0.5, 0.6) is 0 Å². The molecule has 3 rings (SSSR count). The van der Waals surface area contributed by atoms with Gasteiger partial charge in [0.05, 0.1) is 12.5 Å². The predicted molar refractivity (Wildman–Crippen MR) is 105 cm³/mol. The second-order valence-electron chi connectivity index (χ2n) is 8.61. The number of benzene rings is 1. The molecule has 2 fully saturated rings. The van der Waals surface area contributed by atoms with Gasteiger partial charge >= 0.3 is 0 Å². The first-order valence-electron chi connectivity index (χ1n) is 10.1. The number of hydrogen-bond donors (Lipinski definition) is 1. The minimum absolute atomic E-state index is 0.110. The second kappa shape index (κ2) is 8.01. The third-order valence-electron chi connectivity index (χ3n) is 6.26. The van der Waals surface area contributed by atoms with Gasteiger partial charge in [-0.15, -0.1) is 0 Å². The summed E-state index contributed by atoms with van der Waals surface area (Å²) in [6.45, 7) is 8.50. The number of nitrogens with zero attached hydrogens (tertiary/aromatic N) is 2. The van der Waals surface area contributed by atoms with Gasteiger partial charge in [-0.05, 0) is 56.6 Å². The summed E-state index contributed by atoms with van der Waals surface area (Å²) in [5.41, 5.74) is 3.58. The summed E-state index contributed by atoms with van der Waals surface area (Å²) in [6, 6.07) is 6.27. The zero-order valence-corrected chi connectivity index (χ0v) is 16.8. The van der Waals surface area contributed by atoms with Crippen molar-refractivity contribution in [2.24, 2.45) is 5.41 Å². The van der Waals surface area contributed by atoms with Crippen LogP contribution >= 0.6 is 0 Å². The Morgan fingerprint density at radius 3 is 2.59 bits per heavy atom. The summed E-state index contributed by atoms with van der Waals surface area (Å²) in [5.74, 6) is 0.348. The number of hydrogen-bond acceptors (Lipinski definition) is 3. The first-order chi connectivity index (χ1) is 12.8. The molecule has 0 radical (unpaired) electrons. The molecule has 1 aromatic rings. The molecule has 148 valence electrons. The molecule has 1 aromatic carbocycles. The Balaban J connectivity index is 1.58. The quantitative estimate of drug-likeness (QED) is 0.883. The molecule has 1 atom stereocenters. The first kappa shape index (κ1) is 19.9. The summed E-state index contributed by atoms with van der Waals surface area (Å²) in [5, 5.41) is 9.66. The molecule has 2 amide bonds. The topological polar surface area (TPSA) is 60.9 Å². The molecule has 5 heteroatoms. The van der Waals surface area contributed by atoms with Crippen LogP contribution in [0.1, 0.15) is 49.3 Å². The van der Waals surface area contributed by atoms with Crippen LogP contribution in [0.2, 0.25) is 0 Å². The van der Waals surface area contributed by atoms with Crippen molar-refractivity contribution < 1.29 is 14.7 Å². The van der Waals surface area contributed by atoms with Gasteiger partial charge < -0.3 is 14.9 Å². The molecule has 1 N–H and O–H groups in total. The Morgan fingerprint density at radius 1 is 1.22 bits per heavy atom. The lowest BCUT2D eigenvalue weighted by Crippen LogP contribution is -2.53. The minimum Gasteiger partial charge on any atom is -0.392 e. The van der Waals surface area contributed by atoms with E-state index in [9.17, 15) is 14.7 Å². The number of β-amino-alcohol motifs (C(OH)–C–C–N with tert-alkyl or cyclic N) is 1. The van der Waals surface area contributed by atoms with Crippen LogP contribution in [0.25, 0.3) is 0 Å². The Morgan fingerprint density at radius 2 is 1.93 bits per heavy atom. The van der Waals surface area contributed by atoms with E-state index in [2.05, 4.69) is 32.0 Å². The molecule has 0 aliphatic carbocycles. The van der Waals surface area contributed by atoms with E-state index in [0.29, 0.717) is 19.4 Å². The van der Waals surface area contributed by atoms with E-state index in [1.54, 1.807) is 6.92 Å². The summed E-state index contributed by atoms with van der Waals surface area (Å²) >= 11 is 0. The molecule has 0 unspecified atom stereocenters. The maximum absolute atomic E-state index is 12.8. The summed E-state index contributed by atoms with van der Waals surface area (Å²) < 4.78 is 0. The fourth-order valence-electron chi connectivity index (χ4n) is 4.49. The molecule has 2 heterocycles. The van der Waals surface area contributed by atoms with Crippen LogP contribution in [0.15, 0.2) is 18.2 Å². The number of aliphatic hydroxyl groups excluding tert-OH is 1. The molecule has 0 saturated carbocycles. The maximum atomic E-state index is 12.8. The van der Waals surface area contributed by atoms with Crippen molar-refractivity contribution in [3.8, 4) is 0 Å². The molecule has 27 heavy (non-hydrogen) atoms. The third-order valence-corrected chi connectivity index (χ3v) is 6.26. The van der Waals surface area contributed by atoms with E-state index in [4.69, 9.17) is 0 Å². The summed E-state index contributed by atoms with van der Waals surface area (Å²) in [7, 11) is 0. The lowest BCUT2D eigenvalue weighted by atomic mass is 9.72. The number of likely N-dealkylation sites (tertiary alicyclic amines) is 2. The van der Waals surface area contributed by atoms with Crippen molar-refractivity contribution >= 4 is 11.8 Å². The first-order valence-corrected chi connectivity index (χ1v) is 10.1. The van der Waals surface area contributed by atoms with E-state index in [-0.39, 0.29) is 17.2 Å². The SMILES string of the molecule is Cc1ccc(C)c(CC(=O)N2CCC3(CCC(=O)N(C[C@H](C)O)C3)CC2)c1. The minimum atomic E-state index is -0.497. The van der Waals surface area contributed by atoms with E-state index >= 15 is 0 Å². The van der Waals surface area contributed by atoms with Crippen molar-refractivity contribution in [2.75, 3.05) is 26.2 Å². The molecule has 2 saturated heterocycles. The number of aliphatic hydroxyl groups is 1. The number of rotatable bonds is 4. The number of amides is 2. The fourth-order valence-corrected chi connectivity index (χ4v) is 4.49. The van der Waals surface area contributed by atoms with Crippen molar-refractivity contribution in [3.05, 3.63) is 34.9 Å². The van der Waals surface area contributed by atoms with Crippen molar-refractivity contribution in [2.45, 2.75) is 59.0 Å². The monoisotopic (exact) mass is 372 g/mol. The summed E-state index contributed by atoms with van der Waals surface area (Å²) in [6.07, 6.45) is 3.31. The van der Waals surface area contributed by atoms with E-state index in [0.717, 1.165) is 44.5 Å². The van der Waals surface area contributed by atoms with Gasteiger partial charge in [0.15, 0.2) is 0 Å². The van der Waals surface area contributed by atoms with Gasteiger partial charge in [0.2, 0.25) is 11.8 Å². The normalized spacial score (nSPS) is 20.8. The summed E-state index contributed by atoms with van der Waals surface area (Å²) in [4.78, 5) is 28.7. The average molecular weight is 373 g/mol. The van der Waals surface area contributed by atoms with Crippen LogP contribution in [0.3, 0.4) is 0 Å². The Labute approximate surface area is 162 Å². The van der Waals surface area contributed by atoms with E-state index in [1.807, 2.05) is 9.80 Å². The number of carbonyl (C=O) groups is 2. The van der Waals surface area contributed by atoms with Crippen LogP contribution < -0.4 is 0 Å². The van der Waals surface area contributed by atoms with Gasteiger partial charge in [-0.1, -0.05) is 23.8 Å². The smallest absolute Gasteiger partial charge is 0.227 e. The zero-order valence-electron chi connectivity index (χ0n) is 16.8. The highest BCUT2D eigenvalue weighted by atomic mass is 16.3. The zero-order chi connectivity index (χ0) is 19.6. The average Bonchev–Trinajstić information content (AvgIpc) is 2.62. The van der Waals surface area contributed by atoms with Gasteiger partial charge in [0.25, 0.3) is 0 Å². The molecule has 2 aliphatic rings. The Bertz CT molecular complexity index is 706. The lowest BCUT2D eigenvalue weighted by molar-refractivity contribution is -0.143. The van der Waals surface area contributed by atoms with Crippen LogP contribution in [-0.4, -0.2) is 59.0 Å². The molecule has 0 bridgehead atoms. The van der Waals surface area contributed by atoms with Crippen LogP contribution in [0.4, 0.5) is 0 Å². The highest BCUT2D eigenvalue weighted by molar-refractivity contribution is 5.79. The third kappa shape index (κ3) is 4.70. The van der Waals surface area contributed by atoms with Crippen LogP contribution in [-0.2, 0) is 16.0 Å². The highest BCUT2D eigenvalue weighted by Gasteiger charge is 2.41. The van der Waals surface area contributed by atoms with Gasteiger partial charge in [-0.3, -0.25) is 9.59 Å². The van der Waals surface area contributed by atoms with E-state index in [1.165, 1.54) is 11.1 Å². The Kier molecular flexibility index (Phi) is 5.89. The lowest BCUT2D eigenvalue weighted by Gasteiger charge is -2.47. The second-order valence-corrected chi connectivity index (χ2v) is 8.61. The molecular weight excluding hydrogens is 340 g/mol. The molecule has 2 aliphatic heterocycles. The van der Waals surface area contributed by atoms with Crippen molar-refractivity contribution in [3.63, 3.8) is 0 Å². The largest absolute Gasteiger partial charge is 0.392 e. The fraction of sp³-hybridized carbons (Fsp3) is 0.636. The van der Waals surface area contributed by atoms with Gasteiger partial charge in [-0.25, -0.2) is 0 Å². The number of piperidine rings is 2. The molecule has 5 nitrogen and oxygen atoms in total. The van der Waals surface area contributed by atoms with E-state index < -0.39 is 6.10 Å². The molecule has 1 spiro atoms. The van der Waals surface area contributed by atoms with Crippen LogP contribution in [0, 0.1) is 19.3 Å². The predicted octanol–water partition coefficient (Wildman–Crippen LogP) is 2.46. The highest BCUT2D eigenvalue weighted by Crippen LogP contribution is 2.40. The van der Waals surface area contributed by atoms with Gasteiger partial charge in [0, 0.05) is 32.6 Å². The maximum Gasteiger partial charge on any atom is 0.227 e. The van der Waals surface area contributed by atoms with Crippen molar-refractivity contribution in [1.82, 2.24) is 9.80 Å². The Hall–Kier alpha value is -1.88. The van der Waals surface area contributed by atoms with Crippen molar-refractivity contribution in [1.29, 1.82) is 0 Å². The standard InChI is InChI=1S/C22H32N2O3/c1-16-4-5-17(2)19(12-16)13-21(27)23-10-8-22(9-11-23)7-6-20(26)24(15-22)14-18(3)25/h4-5,12,18,25H,6-11,13-15H2,1-3H3/t18-/m0/s1. The van der Waals surface area contributed by atoms with Gasteiger partial charge in [0.1, 0.15) is 0 Å². The number of carbonyl (C=O) groups excluding carboxylic acids is 2. The number of aryl methyl sites for hydroxylation is 2. The van der Waals surface area contributed by atoms with Gasteiger partial charge in [-0.2, -0.15) is 0 Å². The molecule has 0 aromatic heterocycles.